The van der Waals surface area contributed by atoms with E-state index >= 15 is 0 Å². The summed E-state index contributed by atoms with van der Waals surface area (Å²) in [6.45, 7) is 2.00. The van der Waals surface area contributed by atoms with E-state index in [0.717, 1.165) is 11.3 Å². The Kier molecular flexibility index (Phi) is 2.82. The SMILES string of the molecule is Cc1ccc(N(C)C(=O)c2cn[nH]c2N)cc1. The predicted molar refractivity (Wildman–Crippen MR) is 66.9 cm³/mol. The standard InChI is InChI=1S/C12H14N4O/c1-8-3-5-9(6-4-8)16(2)12(17)10-7-14-15-11(10)13/h3-7H,1-2H3,(H3,13,14,15). The van der Waals surface area contributed by atoms with E-state index in [9.17, 15) is 4.79 Å². The third-order valence-corrected chi connectivity index (χ3v) is 2.63. The lowest BCUT2D eigenvalue weighted by Gasteiger charge is -2.16. The summed E-state index contributed by atoms with van der Waals surface area (Å²) in [6, 6.07) is 7.70. The number of amides is 1. The van der Waals surface area contributed by atoms with Gasteiger partial charge < -0.3 is 10.6 Å². The van der Waals surface area contributed by atoms with Crippen molar-refractivity contribution in [3.8, 4) is 0 Å². The number of nitrogens with two attached hydrogens (primary N) is 1. The van der Waals surface area contributed by atoms with Crippen molar-refractivity contribution >= 4 is 17.4 Å². The van der Waals surface area contributed by atoms with Crippen LogP contribution < -0.4 is 10.6 Å². The van der Waals surface area contributed by atoms with Crippen LogP contribution in [0.15, 0.2) is 30.5 Å². The van der Waals surface area contributed by atoms with Crippen molar-refractivity contribution in [3.05, 3.63) is 41.6 Å². The highest BCUT2D eigenvalue weighted by molar-refractivity contribution is 6.08. The van der Waals surface area contributed by atoms with Crippen molar-refractivity contribution in [1.29, 1.82) is 0 Å². The summed E-state index contributed by atoms with van der Waals surface area (Å²) in [5, 5.41) is 6.28. The molecular formula is C12H14N4O. The molecule has 0 aliphatic rings. The lowest BCUT2D eigenvalue weighted by molar-refractivity contribution is 0.0994. The van der Waals surface area contributed by atoms with E-state index in [2.05, 4.69) is 10.2 Å². The highest BCUT2D eigenvalue weighted by Gasteiger charge is 2.17. The Morgan fingerprint density at radius 1 is 1.35 bits per heavy atom. The maximum absolute atomic E-state index is 12.1. The Morgan fingerprint density at radius 3 is 2.53 bits per heavy atom. The average Bonchev–Trinajstić information content (AvgIpc) is 2.74. The second-order valence-corrected chi connectivity index (χ2v) is 3.90. The maximum atomic E-state index is 12.1. The van der Waals surface area contributed by atoms with Crippen LogP contribution in [0.3, 0.4) is 0 Å². The summed E-state index contributed by atoms with van der Waals surface area (Å²) >= 11 is 0. The molecule has 5 heteroatoms. The van der Waals surface area contributed by atoms with Crippen LogP contribution in [-0.2, 0) is 0 Å². The molecule has 0 fully saturated rings. The van der Waals surface area contributed by atoms with Gasteiger partial charge in [0.2, 0.25) is 0 Å². The lowest BCUT2D eigenvalue weighted by atomic mass is 10.2. The van der Waals surface area contributed by atoms with Gasteiger partial charge in [-0.25, -0.2) is 0 Å². The molecule has 0 saturated heterocycles. The third-order valence-electron chi connectivity index (χ3n) is 2.63. The Morgan fingerprint density at radius 2 is 2.00 bits per heavy atom. The number of nitrogens with one attached hydrogen (secondary N) is 1. The molecule has 88 valence electrons. The second-order valence-electron chi connectivity index (χ2n) is 3.90. The first-order chi connectivity index (χ1) is 8.09. The van der Waals surface area contributed by atoms with Crippen LogP contribution in [0.2, 0.25) is 0 Å². The first-order valence-electron chi connectivity index (χ1n) is 5.23. The number of hydrogen-bond donors (Lipinski definition) is 2. The second kappa shape index (κ2) is 4.29. The number of hydrogen-bond acceptors (Lipinski definition) is 3. The largest absolute Gasteiger partial charge is 0.383 e. The zero-order valence-electron chi connectivity index (χ0n) is 9.77. The molecule has 3 N–H and O–H groups in total. The third kappa shape index (κ3) is 2.13. The highest BCUT2D eigenvalue weighted by atomic mass is 16.2. The molecule has 0 saturated carbocycles. The van der Waals surface area contributed by atoms with Crippen molar-refractivity contribution in [1.82, 2.24) is 10.2 Å². The summed E-state index contributed by atoms with van der Waals surface area (Å²) in [6.07, 6.45) is 1.43. The molecule has 5 nitrogen and oxygen atoms in total. The van der Waals surface area contributed by atoms with Crippen LogP contribution >= 0.6 is 0 Å². The zero-order valence-corrected chi connectivity index (χ0v) is 9.77. The Hall–Kier alpha value is -2.30. The van der Waals surface area contributed by atoms with Crippen molar-refractivity contribution < 1.29 is 4.79 Å². The molecule has 1 aromatic heterocycles. The highest BCUT2D eigenvalue weighted by Crippen LogP contribution is 2.17. The average molecular weight is 230 g/mol. The van der Waals surface area contributed by atoms with Crippen molar-refractivity contribution in [2.45, 2.75) is 6.92 Å². The summed E-state index contributed by atoms with van der Waals surface area (Å²) in [5.41, 5.74) is 7.97. The number of carbonyl (C=O) groups is 1. The number of rotatable bonds is 2. The van der Waals surface area contributed by atoms with Gasteiger partial charge in [-0.2, -0.15) is 5.10 Å². The number of H-pyrrole nitrogens is 1. The summed E-state index contributed by atoms with van der Waals surface area (Å²) in [4.78, 5) is 13.6. The first kappa shape index (κ1) is 11.2. The van der Waals surface area contributed by atoms with Crippen molar-refractivity contribution in [3.63, 3.8) is 0 Å². The van der Waals surface area contributed by atoms with Gasteiger partial charge in [0.15, 0.2) is 0 Å². The zero-order chi connectivity index (χ0) is 12.4. The quantitative estimate of drug-likeness (QED) is 0.822. The van der Waals surface area contributed by atoms with Gasteiger partial charge >= 0.3 is 0 Å². The van der Waals surface area contributed by atoms with Gasteiger partial charge in [0, 0.05) is 12.7 Å². The molecule has 17 heavy (non-hydrogen) atoms. The van der Waals surface area contributed by atoms with Gasteiger partial charge in [-0.15, -0.1) is 0 Å². The fourth-order valence-corrected chi connectivity index (χ4v) is 1.53. The van der Waals surface area contributed by atoms with Crippen LogP contribution in [0.5, 0.6) is 0 Å². The van der Waals surface area contributed by atoms with E-state index in [4.69, 9.17) is 5.73 Å². The molecule has 1 heterocycles. The number of nitrogens with zero attached hydrogens (tertiary/aromatic N) is 2. The molecule has 0 atom stereocenters. The van der Waals surface area contributed by atoms with E-state index in [1.54, 1.807) is 11.9 Å². The lowest BCUT2D eigenvalue weighted by Crippen LogP contribution is -2.26. The Balaban J connectivity index is 2.26. The van der Waals surface area contributed by atoms with Crippen LogP contribution in [0, 0.1) is 6.92 Å². The van der Waals surface area contributed by atoms with Crippen LogP contribution in [-0.4, -0.2) is 23.2 Å². The molecule has 0 radical (unpaired) electrons. The number of aromatic nitrogens is 2. The summed E-state index contributed by atoms with van der Waals surface area (Å²) in [5.74, 6) is 0.106. The normalized spacial score (nSPS) is 10.2. The van der Waals surface area contributed by atoms with E-state index in [1.165, 1.54) is 6.20 Å². The van der Waals surface area contributed by atoms with Crippen LogP contribution in [0.1, 0.15) is 15.9 Å². The number of aryl methyl sites for hydroxylation is 1. The minimum atomic E-state index is -0.180. The maximum Gasteiger partial charge on any atom is 0.263 e. The smallest absolute Gasteiger partial charge is 0.263 e. The Bertz CT molecular complexity index is 530. The summed E-state index contributed by atoms with van der Waals surface area (Å²) in [7, 11) is 1.71. The number of nitrogen functional groups attached to an aromatic ring is 1. The number of benzene rings is 1. The Labute approximate surface area is 99.2 Å². The minimum absolute atomic E-state index is 0.180. The molecular weight excluding hydrogens is 216 g/mol. The van der Waals surface area contributed by atoms with Gasteiger partial charge in [-0.3, -0.25) is 9.89 Å². The fourth-order valence-electron chi connectivity index (χ4n) is 1.53. The molecule has 1 amide bonds. The minimum Gasteiger partial charge on any atom is -0.383 e. The predicted octanol–water partition coefficient (Wildman–Crippen LogP) is 1.58. The van der Waals surface area contributed by atoms with Crippen LogP contribution in [0.4, 0.5) is 11.5 Å². The monoisotopic (exact) mass is 230 g/mol. The van der Waals surface area contributed by atoms with Gasteiger partial charge in [-0.05, 0) is 19.1 Å². The van der Waals surface area contributed by atoms with Gasteiger partial charge in [0.05, 0.1) is 6.20 Å². The van der Waals surface area contributed by atoms with Gasteiger partial charge in [-0.1, -0.05) is 17.7 Å². The molecule has 0 aliphatic heterocycles. The van der Waals surface area contributed by atoms with Gasteiger partial charge in [0.1, 0.15) is 11.4 Å². The number of aromatic amines is 1. The molecule has 0 spiro atoms. The van der Waals surface area contributed by atoms with Gasteiger partial charge in [0.25, 0.3) is 5.91 Å². The van der Waals surface area contributed by atoms with Crippen LogP contribution in [0.25, 0.3) is 0 Å². The molecule has 0 unspecified atom stereocenters. The number of anilines is 2. The fraction of sp³-hybridized carbons (Fsp3) is 0.167. The molecule has 2 aromatic rings. The van der Waals surface area contributed by atoms with Crippen molar-refractivity contribution in [2.24, 2.45) is 0 Å². The molecule has 2 rings (SSSR count). The van der Waals surface area contributed by atoms with E-state index < -0.39 is 0 Å². The number of carbonyl (C=O) groups excluding carboxylic acids is 1. The summed E-state index contributed by atoms with van der Waals surface area (Å²) < 4.78 is 0. The molecule has 0 bridgehead atoms. The molecule has 1 aromatic carbocycles. The first-order valence-corrected chi connectivity index (χ1v) is 5.23. The van der Waals surface area contributed by atoms with E-state index in [0.29, 0.717) is 5.56 Å². The van der Waals surface area contributed by atoms with E-state index in [1.807, 2.05) is 31.2 Å². The van der Waals surface area contributed by atoms with E-state index in [-0.39, 0.29) is 11.7 Å². The molecule has 0 aliphatic carbocycles. The van der Waals surface area contributed by atoms with Crippen molar-refractivity contribution in [2.75, 3.05) is 17.7 Å². The topological polar surface area (TPSA) is 75.0 Å².